The Morgan fingerprint density at radius 2 is 2.05 bits per heavy atom. The van der Waals surface area contributed by atoms with Crippen LogP contribution in [0.15, 0.2) is 24.3 Å². The standard InChI is InChI=1S/C24H23FN6O6/c1-36-15-4-3-12-10-30(20(32)18(12)19(15)25)11-24(21(33)28-22(34)29-24)16-9-13-14(37-16)5-6-17(27-13)31-8-2-7-26-23(31)35/h3-6,16H,2,7-11H2,1H3,(H,26,35)(H2,28,29,33,34). The molecule has 1 aromatic heterocycles. The Hall–Kier alpha value is -4.42. The maximum Gasteiger partial charge on any atom is 0.323 e. The number of imide groups is 1. The van der Waals surface area contributed by atoms with Crippen molar-refractivity contribution >= 4 is 29.7 Å². The molecular formula is C24H23FN6O6. The molecule has 13 heteroatoms. The summed E-state index contributed by atoms with van der Waals surface area (Å²) in [5, 5.41) is 7.66. The fourth-order valence-corrected chi connectivity index (χ4v) is 5.30. The molecule has 6 rings (SSSR count). The van der Waals surface area contributed by atoms with Crippen molar-refractivity contribution in [3.8, 4) is 11.5 Å². The van der Waals surface area contributed by atoms with Crippen LogP contribution in [0.25, 0.3) is 0 Å². The van der Waals surface area contributed by atoms with E-state index in [-0.39, 0.29) is 36.9 Å². The van der Waals surface area contributed by atoms with Gasteiger partial charge in [0, 0.05) is 26.1 Å². The van der Waals surface area contributed by atoms with Gasteiger partial charge >= 0.3 is 12.1 Å². The summed E-state index contributed by atoms with van der Waals surface area (Å²) in [6, 6.07) is 5.39. The molecule has 0 spiro atoms. The summed E-state index contributed by atoms with van der Waals surface area (Å²) in [4.78, 5) is 58.3. The smallest absolute Gasteiger partial charge is 0.323 e. The van der Waals surface area contributed by atoms with Crippen LogP contribution in [0.3, 0.4) is 0 Å². The van der Waals surface area contributed by atoms with Crippen LogP contribution in [0.4, 0.5) is 19.8 Å². The monoisotopic (exact) mass is 510 g/mol. The highest BCUT2D eigenvalue weighted by molar-refractivity contribution is 6.08. The molecule has 0 radical (unpaired) electrons. The number of amides is 6. The van der Waals surface area contributed by atoms with Crippen LogP contribution in [0.1, 0.15) is 28.0 Å². The van der Waals surface area contributed by atoms with Gasteiger partial charge in [-0.3, -0.25) is 19.8 Å². The maximum atomic E-state index is 14.9. The molecule has 4 aliphatic heterocycles. The second kappa shape index (κ2) is 8.32. The van der Waals surface area contributed by atoms with Gasteiger partial charge in [-0.15, -0.1) is 0 Å². The number of aromatic nitrogens is 1. The highest BCUT2D eigenvalue weighted by atomic mass is 19.1. The van der Waals surface area contributed by atoms with Gasteiger partial charge in [0.05, 0.1) is 24.9 Å². The number of carbonyl (C=O) groups excluding carboxylic acids is 4. The molecule has 5 heterocycles. The molecule has 6 amide bonds. The van der Waals surface area contributed by atoms with Gasteiger partial charge in [0.1, 0.15) is 17.7 Å². The molecule has 0 bridgehead atoms. The van der Waals surface area contributed by atoms with Gasteiger partial charge in [-0.05, 0) is 30.2 Å². The van der Waals surface area contributed by atoms with E-state index in [2.05, 4.69) is 20.9 Å². The Kier molecular flexibility index (Phi) is 5.17. The van der Waals surface area contributed by atoms with E-state index in [1.807, 2.05) is 0 Å². The summed E-state index contributed by atoms with van der Waals surface area (Å²) < 4.78 is 25.9. The first-order valence-corrected chi connectivity index (χ1v) is 11.8. The molecule has 2 atom stereocenters. The van der Waals surface area contributed by atoms with E-state index in [0.717, 1.165) is 6.42 Å². The van der Waals surface area contributed by atoms with E-state index in [1.165, 1.54) is 23.0 Å². The number of benzene rings is 1. The van der Waals surface area contributed by atoms with E-state index >= 15 is 0 Å². The summed E-state index contributed by atoms with van der Waals surface area (Å²) in [6.45, 7) is 0.911. The van der Waals surface area contributed by atoms with Crippen molar-refractivity contribution in [2.75, 3.05) is 31.6 Å². The minimum atomic E-state index is -1.64. The van der Waals surface area contributed by atoms with E-state index in [9.17, 15) is 23.6 Å². The number of carbonyl (C=O) groups is 4. The summed E-state index contributed by atoms with van der Waals surface area (Å²) in [6.07, 6.45) is 0.0176. The maximum absolute atomic E-state index is 14.9. The van der Waals surface area contributed by atoms with Crippen molar-refractivity contribution in [1.82, 2.24) is 25.8 Å². The third-order valence-electron chi connectivity index (χ3n) is 7.16. The third-order valence-corrected chi connectivity index (χ3v) is 7.16. The molecule has 192 valence electrons. The number of rotatable bonds is 5. The molecule has 3 N–H and O–H groups in total. The number of ether oxygens (including phenoxy) is 2. The molecule has 12 nitrogen and oxygen atoms in total. The van der Waals surface area contributed by atoms with Crippen molar-refractivity contribution in [3.05, 3.63) is 46.9 Å². The number of pyridine rings is 1. The number of nitrogens with one attached hydrogen (secondary N) is 3. The minimum Gasteiger partial charge on any atom is -0.494 e. The predicted molar refractivity (Wildman–Crippen MR) is 125 cm³/mol. The van der Waals surface area contributed by atoms with Crippen LogP contribution >= 0.6 is 0 Å². The topological polar surface area (TPSA) is 142 Å². The van der Waals surface area contributed by atoms with Gasteiger partial charge in [0.15, 0.2) is 17.1 Å². The molecular weight excluding hydrogens is 487 g/mol. The van der Waals surface area contributed by atoms with Gasteiger partial charge in [-0.2, -0.15) is 0 Å². The first-order valence-electron chi connectivity index (χ1n) is 11.8. The fraction of sp³-hybridized carbons (Fsp3) is 0.375. The molecule has 0 saturated carbocycles. The zero-order valence-corrected chi connectivity index (χ0v) is 19.8. The highest BCUT2D eigenvalue weighted by Gasteiger charge is 2.57. The summed E-state index contributed by atoms with van der Waals surface area (Å²) >= 11 is 0. The van der Waals surface area contributed by atoms with Crippen LogP contribution < -0.4 is 30.3 Å². The van der Waals surface area contributed by atoms with Crippen LogP contribution in [-0.2, 0) is 17.8 Å². The Balaban J connectivity index is 1.29. The molecule has 4 aliphatic rings. The number of nitrogens with zero attached hydrogens (tertiary/aromatic N) is 3. The lowest BCUT2D eigenvalue weighted by Crippen LogP contribution is -2.64. The average molecular weight is 510 g/mol. The van der Waals surface area contributed by atoms with Gasteiger partial charge in [0.25, 0.3) is 11.8 Å². The molecule has 2 aromatic rings. The van der Waals surface area contributed by atoms with Gasteiger partial charge < -0.3 is 25.0 Å². The number of fused-ring (bicyclic) bond motifs is 2. The normalized spacial score (nSPS) is 24.3. The van der Waals surface area contributed by atoms with Crippen molar-refractivity contribution in [1.29, 1.82) is 0 Å². The molecule has 1 aromatic carbocycles. The molecule has 0 aliphatic carbocycles. The van der Waals surface area contributed by atoms with E-state index in [1.54, 1.807) is 18.2 Å². The number of hydrogen-bond donors (Lipinski definition) is 3. The lowest BCUT2D eigenvalue weighted by Gasteiger charge is -2.34. The minimum absolute atomic E-state index is 0.0477. The molecule has 2 saturated heterocycles. The summed E-state index contributed by atoms with van der Waals surface area (Å²) in [5.74, 6) is -1.26. The van der Waals surface area contributed by atoms with Crippen molar-refractivity contribution in [2.45, 2.75) is 31.0 Å². The predicted octanol–water partition coefficient (Wildman–Crippen LogP) is 0.687. The van der Waals surface area contributed by atoms with Gasteiger partial charge in [-0.1, -0.05) is 6.07 Å². The largest absolute Gasteiger partial charge is 0.494 e. The zero-order chi connectivity index (χ0) is 25.9. The second-order valence-electron chi connectivity index (χ2n) is 9.32. The fourth-order valence-electron chi connectivity index (χ4n) is 5.30. The molecule has 2 fully saturated rings. The zero-order valence-electron chi connectivity index (χ0n) is 19.8. The number of halogens is 1. The summed E-state index contributed by atoms with van der Waals surface area (Å²) in [5.41, 5.74) is -0.800. The number of methoxy groups -OCH3 is 1. The Morgan fingerprint density at radius 1 is 1.22 bits per heavy atom. The third kappa shape index (κ3) is 3.52. The van der Waals surface area contributed by atoms with Crippen LogP contribution in [-0.4, -0.2) is 72.1 Å². The lowest BCUT2D eigenvalue weighted by atomic mass is 9.89. The van der Waals surface area contributed by atoms with Crippen molar-refractivity contribution in [2.24, 2.45) is 0 Å². The average Bonchev–Trinajstić information content (AvgIpc) is 3.53. The van der Waals surface area contributed by atoms with Gasteiger partial charge in [0.2, 0.25) is 0 Å². The van der Waals surface area contributed by atoms with Gasteiger partial charge in [-0.25, -0.2) is 19.0 Å². The van der Waals surface area contributed by atoms with Crippen molar-refractivity contribution in [3.63, 3.8) is 0 Å². The highest BCUT2D eigenvalue weighted by Crippen LogP contribution is 2.37. The van der Waals surface area contributed by atoms with Crippen LogP contribution in [0.2, 0.25) is 0 Å². The Labute approximate surface area is 210 Å². The molecule has 37 heavy (non-hydrogen) atoms. The number of hydrogen-bond acceptors (Lipinski definition) is 7. The number of urea groups is 2. The quantitative estimate of drug-likeness (QED) is 0.503. The van der Waals surface area contributed by atoms with E-state index in [0.29, 0.717) is 35.9 Å². The Morgan fingerprint density at radius 3 is 2.78 bits per heavy atom. The van der Waals surface area contributed by atoms with E-state index in [4.69, 9.17) is 9.47 Å². The summed E-state index contributed by atoms with van der Waals surface area (Å²) in [7, 11) is 1.31. The number of anilines is 1. The first-order chi connectivity index (χ1) is 17.8. The SMILES string of the molecule is COc1ccc2c(c1F)C(=O)N(CC1(C3Cc4nc(N5CCCNC5=O)ccc4O3)NC(=O)NC1=O)C2. The molecule has 2 unspecified atom stereocenters. The first kappa shape index (κ1) is 23.0. The lowest BCUT2D eigenvalue weighted by molar-refractivity contribution is -0.127. The Bertz CT molecular complexity index is 1370. The van der Waals surface area contributed by atoms with Crippen LogP contribution in [0, 0.1) is 5.82 Å². The van der Waals surface area contributed by atoms with E-state index < -0.39 is 35.3 Å². The second-order valence-corrected chi connectivity index (χ2v) is 9.32. The van der Waals surface area contributed by atoms with Crippen LogP contribution in [0.5, 0.6) is 11.5 Å². The van der Waals surface area contributed by atoms with Crippen molar-refractivity contribution < 1.29 is 33.0 Å².